The largest absolute Gasteiger partial charge is 0.497 e. The van der Waals surface area contributed by atoms with Crippen molar-refractivity contribution >= 4 is 5.91 Å². The van der Waals surface area contributed by atoms with Crippen LogP contribution in [0.4, 0.5) is 0 Å². The van der Waals surface area contributed by atoms with Crippen molar-refractivity contribution in [3.05, 3.63) is 48.3 Å². The topological polar surface area (TPSA) is 43.7 Å². The number of amides is 1. The third-order valence-electron chi connectivity index (χ3n) is 3.26. The maximum atomic E-state index is 12.2. The molecule has 0 atom stereocenters. The number of aryl methyl sites for hydroxylation is 1. The van der Waals surface area contributed by atoms with Crippen LogP contribution in [-0.2, 0) is 7.05 Å². The van der Waals surface area contributed by atoms with E-state index >= 15 is 0 Å². The Morgan fingerprint density at radius 2 is 1.86 bits per heavy atom. The fraction of sp³-hybridized carbons (Fsp3) is 0.312. The Morgan fingerprint density at radius 1 is 1.19 bits per heavy atom. The smallest absolute Gasteiger partial charge is 0.270 e. The zero-order chi connectivity index (χ0) is 15.2. The second-order valence-corrected chi connectivity index (χ2v) is 4.76. The second kappa shape index (κ2) is 6.83. The minimum Gasteiger partial charge on any atom is -0.497 e. The molecule has 0 fully saturated rings. The Morgan fingerprint density at radius 3 is 2.43 bits per heavy atom. The highest BCUT2D eigenvalue weighted by Crippen LogP contribution is 2.16. The number of nitrogens with zero attached hydrogens (tertiary/aromatic N) is 2. The fourth-order valence-electron chi connectivity index (χ4n) is 1.95. The van der Waals surface area contributed by atoms with Crippen molar-refractivity contribution in [3.63, 3.8) is 0 Å². The highest BCUT2D eigenvalue weighted by molar-refractivity contribution is 5.92. The summed E-state index contributed by atoms with van der Waals surface area (Å²) >= 11 is 0. The maximum absolute atomic E-state index is 12.2. The molecule has 1 aromatic carbocycles. The van der Waals surface area contributed by atoms with Gasteiger partial charge in [0.25, 0.3) is 5.91 Å². The maximum Gasteiger partial charge on any atom is 0.270 e. The van der Waals surface area contributed by atoms with Gasteiger partial charge < -0.3 is 18.9 Å². The Hall–Kier alpha value is -2.43. The summed E-state index contributed by atoms with van der Waals surface area (Å²) in [6.45, 7) is 0.967. The summed E-state index contributed by atoms with van der Waals surface area (Å²) < 4.78 is 12.5. The molecule has 2 rings (SSSR count). The number of likely N-dealkylation sites (N-methyl/N-ethyl adjacent to an activating group) is 1. The summed E-state index contributed by atoms with van der Waals surface area (Å²) in [6, 6.07) is 11.0. The van der Waals surface area contributed by atoms with Crippen LogP contribution in [0.3, 0.4) is 0 Å². The SMILES string of the molecule is COc1ccc(OCCN(C)C(=O)c2cccn2C)cc1. The minimum atomic E-state index is -0.0131. The first-order valence-corrected chi connectivity index (χ1v) is 6.75. The van der Waals surface area contributed by atoms with E-state index in [1.807, 2.05) is 54.2 Å². The molecule has 0 bridgehead atoms. The van der Waals surface area contributed by atoms with Gasteiger partial charge in [0.05, 0.1) is 13.7 Å². The molecule has 112 valence electrons. The van der Waals surface area contributed by atoms with Crippen molar-refractivity contribution in [1.82, 2.24) is 9.47 Å². The quantitative estimate of drug-likeness (QED) is 0.818. The van der Waals surface area contributed by atoms with Crippen molar-refractivity contribution in [3.8, 4) is 11.5 Å². The molecule has 0 aliphatic heterocycles. The van der Waals surface area contributed by atoms with Crippen LogP contribution in [0.15, 0.2) is 42.6 Å². The molecule has 2 aromatic rings. The molecular formula is C16H20N2O3. The van der Waals surface area contributed by atoms with Crippen LogP contribution in [0.25, 0.3) is 0 Å². The van der Waals surface area contributed by atoms with E-state index in [4.69, 9.17) is 9.47 Å². The van der Waals surface area contributed by atoms with Gasteiger partial charge in [-0.2, -0.15) is 0 Å². The second-order valence-electron chi connectivity index (χ2n) is 4.76. The van der Waals surface area contributed by atoms with Crippen LogP contribution >= 0.6 is 0 Å². The number of methoxy groups -OCH3 is 1. The third kappa shape index (κ3) is 3.78. The van der Waals surface area contributed by atoms with Gasteiger partial charge in [-0.05, 0) is 36.4 Å². The summed E-state index contributed by atoms with van der Waals surface area (Å²) in [5, 5.41) is 0. The van der Waals surface area contributed by atoms with Gasteiger partial charge >= 0.3 is 0 Å². The fourth-order valence-corrected chi connectivity index (χ4v) is 1.95. The van der Waals surface area contributed by atoms with Gasteiger partial charge in [-0.25, -0.2) is 0 Å². The molecule has 21 heavy (non-hydrogen) atoms. The lowest BCUT2D eigenvalue weighted by Crippen LogP contribution is -2.32. The van der Waals surface area contributed by atoms with Gasteiger partial charge in [0.15, 0.2) is 0 Å². The van der Waals surface area contributed by atoms with Gasteiger partial charge in [0.2, 0.25) is 0 Å². The number of hydrogen-bond donors (Lipinski definition) is 0. The highest BCUT2D eigenvalue weighted by Gasteiger charge is 2.13. The van der Waals surface area contributed by atoms with Crippen LogP contribution in [0, 0.1) is 0 Å². The third-order valence-corrected chi connectivity index (χ3v) is 3.26. The highest BCUT2D eigenvalue weighted by atomic mass is 16.5. The first kappa shape index (κ1) is 15.0. The monoisotopic (exact) mass is 288 g/mol. The number of ether oxygens (including phenoxy) is 2. The Kier molecular flexibility index (Phi) is 4.87. The Balaban J connectivity index is 1.82. The van der Waals surface area contributed by atoms with Crippen molar-refractivity contribution in [2.75, 3.05) is 27.3 Å². The molecule has 0 N–H and O–H groups in total. The van der Waals surface area contributed by atoms with Crippen LogP contribution < -0.4 is 9.47 Å². The Bertz CT molecular complexity index is 590. The summed E-state index contributed by atoms with van der Waals surface area (Å²) in [5.74, 6) is 1.54. The molecule has 5 nitrogen and oxygen atoms in total. The lowest BCUT2D eigenvalue weighted by atomic mass is 10.3. The molecule has 0 saturated heterocycles. The van der Waals surface area contributed by atoms with Crippen LogP contribution in [0.2, 0.25) is 0 Å². The van der Waals surface area contributed by atoms with Crippen molar-refractivity contribution in [2.45, 2.75) is 0 Å². The first-order chi connectivity index (χ1) is 10.1. The summed E-state index contributed by atoms with van der Waals surface area (Å²) in [5.41, 5.74) is 0.668. The number of carbonyl (C=O) groups excluding carboxylic acids is 1. The van der Waals surface area contributed by atoms with E-state index in [9.17, 15) is 4.79 Å². The molecule has 1 aromatic heterocycles. The predicted octanol–water partition coefficient (Wildman–Crippen LogP) is 2.18. The molecule has 1 heterocycles. The standard InChI is InChI=1S/C16H20N2O3/c1-17-10-4-5-15(17)16(19)18(2)11-12-21-14-8-6-13(20-3)7-9-14/h4-10H,11-12H2,1-3H3. The zero-order valence-corrected chi connectivity index (χ0v) is 12.6. The summed E-state index contributed by atoms with van der Waals surface area (Å²) in [7, 11) is 5.25. The average molecular weight is 288 g/mol. The molecule has 5 heteroatoms. The number of hydrogen-bond acceptors (Lipinski definition) is 3. The molecule has 1 amide bonds. The number of rotatable bonds is 6. The van der Waals surface area contributed by atoms with Gasteiger partial charge in [-0.15, -0.1) is 0 Å². The van der Waals surface area contributed by atoms with Crippen LogP contribution in [0.1, 0.15) is 10.5 Å². The van der Waals surface area contributed by atoms with Gasteiger partial charge in [0, 0.05) is 20.3 Å². The summed E-state index contributed by atoms with van der Waals surface area (Å²) in [6.07, 6.45) is 1.86. The van der Waals surface area contributed by atoms with E-state index in [2.05, 4.69) is 0 Å². The summed E-state index contributed by atoms with van der Waals surface area (Å²) in [4.78, 5) is 13.8. The van der Waals surface area contributed by atoms with Crippen LogP contribution in [-0.4, -0.2) is 42.7 Å². The molecule has 0 spiro atoms. The van der Waals surface area contributed by atoms with Gasteiger partial charge in [-0.1, -0.05) is 0 Å². The van der Waals surface area contributed by atoms with E-state index in [1.54, 1.807) is 19.1 Å². The predicted molar refractivity (Wildman–Crippen MR) is 80.9 cm³/mol. The van der Waals surface area contributed by atoms with E-state index in [-0.39, 0.29) is 5.91 Å². The average Bonchev–Trinajstić information content (AvgIpc) is 2.93. The molecule has 0 saturated carbocycles. The van der Waals surface area contributed by atoms with Crippen molar-refractivity contribution in [2.24, 2.45) is 7.05 Å². The molecule has 0 unspecified atom stereocenters. The number of aromatic nitrogens is 1. The molecule has 0 aliphatic carbocycles. The zero-order valence-electron chi connectivity index (χ0n) is 12.6. The van der Waals surface area contributed by atoms with E-state index in [0.29, 0.717) is 18.8 Å². The van der Waals surface area contributed by atoms with E-state index < -0.39 is 0 Å². The van der Waals surface area contributed by atoms with E-state index in [0.717, 1.165) is 11.5 Å². The lowest BCUT2D eigenvalue weighted by molar-refractivity contribution is 0.0764. The van der Waals surface area contributed by atoms with Crippen molar-refractivity contribution in [1.29, 1.82) is 0 Å². The molecule has 0 radical (unpaired) electrons. The number of benzene rings is 1. The van der Waals surface area contributed by atoms with Gasteiger partial charge in [0.1, 0.15) is 23.8 Å². The molecule has 0 aliphatic rings. The minimum absolute atomic E-state index is 0.0131. The first-order valence-electron chi connectivity index (χ1n) is 6.75. The molecular weight excluding hydrogens is 268 g/mol. The Labute approximate surface area is 124 Å². The number of carbonyl (C=O) groups is 1. The van der Waals surface area contributed by atoms with Crippen LogP contribution in [0.5, 0.6) is 11.5 Å². The van der Waals surface area contributed by atoms with Crippen molar-refractivity contribution < 1.29 is 14.3 Å². The van der Waals surface area contributed by atoms with E-state index in [1.165, 1.54) is 0 Å². The van der Waals surface area contributed by atoms with Gasteiger partial charge in [-0.3, -0.25) is 4.79 Å². The lowest BCUT2D eigenvalue weighted by Gasteiger charge is -2.18. The normalized spacial score (nSPS) is 10.2.